The smallest absolute Gasteiger partial charge is 0.315 e. The topological polar surface area (TPSA) is 44.4 Å². The highest BCUT2D eigenvalue weighted by Crippen LogP contribution is 2.26. The molecule has 4 nitrogen and oxygen atoms in total. The normalized spacial score (nSPS) is 20.7. The molecule has 1 aromatic rings. The van der Waals surface area contributed by atoms with Gasteiger partial charge in [0.15, 0.2) is 0 Å². The number of rotatable bonds is 5. The van der Waals surface area contributed by atoms with Crippen LogP contribution in [0, 0.1) is 0 Å². The van der Waals surface area contributed by atoms with Crippen molar-refractivity contribution < 1.29 is 4.79 Å². The van der Waals surface area contributed by atoms with Gasteiger partial charge in [-0.05, 0) is 56.5 Å². The Morgan fingerprint density at radius 3 is 2.62 bits per heavy atom. The molecule has 5 heteroatoms. The molecule has 2 fully saturated rings. The van der Waals surface area contributed by atoms with E-state index in [4.69, 9.17) is 11.6 Å². The molecule has 0 spiro atoms. The lowest BCUT2D eigenvalue weighted by molar-refractivity contribution is 0.215. The molecule has 0 bridgehead atoms. The lowest BCUT2D eigenvalue weighted by Gasteiger charge is -2.29. The first-order valence-electron chi connectivity index (χ1n) is 9.26. The summed E-state index contributed by atoms with van der Waals surface area (Å²) in [6.45, 7) is 2.80. The lowest BCUT2D eigenvalue weighted by Crippen LogP contribution is -2.45. The van der Waals surface area contributed by atoms with Crippen molar-refractivity contribution in [1.29, 1.82) is 0 Å². The number of hydrogen-bond acceptors (Lipinski definition) is 2. The molecule has 3 rings (SSSR count). The minimum Gasteiger partial charge on any atom is -0.336 e. The minimum absolute atomic E-state index is 0.0341. The average Bonchev–Trinajstić information content (AvgIpc) is 3.10. The Bertz CT molecular complexity index is 539. The molecule has 0 aromatic heterocycles. The first-order valence-corrected chi connectivity index (χ1v) is 9.64. The van der Waals surface area contributed by atoms with Crippen molar-refractivity contribution in [2.24, 2.45) is 0 Å². The number of hydrogen-bond donors (Lipinski definition) is 2. The van der Waals surface area contributed by atoms with E-state index in [0.717, 1.165) is 31.0 Å². The second kappa shape index (κ2) is 8.72. The van der Waals surface area contributed by atoms with Crippen LogP contribution in [0.3, 0.4) is 0 Å². The Balaban J connectivity index is 1.58. The number of carbonyl (C=O) groups is 1. The lowest BCUT2D eigenvalue weighted by atomic mass is 9.96. The number of benzene rings is 1. The van der Waals surface area contributed by atoms with Gasteiger partial charge >= 0.3 is 6.03 Å². The summed E-state index contributed by atoms with van der Waals surface area (Å²) in [4.78, 5) is 14.7. The van der Waals surface area contributed by atoms with Crippen molar-refractivity contribution in [3.63, 3.8) is 0 Å². The molecule has 1 atom stereocenters. The monoisotopic (exact) mass is 349 g/mol. The van der Waals surface area contributed by atoms with Crippen LogP contribution in [0.5, 0.6) is 0 Å². The van der Waals surface area contributed by atoms with Crippen LogP contribution in [0.1, 0.15) is 56.6 Å². The number of urea groups is 1. The standard InChI is InChI=1S/C19H28ClN3O/c20-16-8-6-7-15(13-16)18(23-11-4-5-12-23)14-21-19(24)22-17-9-2-1-3-10-17/h6-8,13,17-18H,1-5,9-12,14H2,(H2,21,22,24). The van der Waals surface area contributed by atoms with Gasteiger partial charge in [0.1, 0.15) is 0 Å². The molecule has 0 radical (unpaired) electrons. The van der Waals surface area contributed by atoms with Gasteiger partial charge in [-0.1, -0.05) is 43.0 Å². The number of likely N-dealkylation sites (tertiary alicyclic amines) is 1. The van der Waals surface area contributed by atoms with E-state index in [1.807, 2.05) is 18.2 Å². The molecule has 1 unspecified atom stereocenters. The van der Waals surface area contributed by atoms with Crippen molar-refractivity contribution in [2.75, 3.05) is 19.6 Å². The van der Waals surface area contributed by atoms with Gasteiger partial charge in [-0.15, -0.1) is 0 Å². The zero-order valence-electron chi connectivity index (χ0n) is 14.3. The van der Waals surface area contributed by atoms with E-state index < -0.39 is 0 Å². The zero-order chi connectivity index (χ0) is 16.8. The highest BCUT2D eigenvalue weighted by Gasteiger charge is 2.24. The predicted molar refractivity (Wildman–Crippen MR) is 98.4 cm³/mol. The quantitative estimate of drug-likeness (QED) is 0.840. The maximum absolute atomic E-state index is 12.3. The summed E-state index contributed by atoms with van der Waals surface area (Å²) in [5.41, 5.74) is 1.18. The van der Waals surface area contributed by atoms with Crippen LogP contribution in [0.2, 0.25) is 5.02 Å². The van der Waals surface area contributed by atoms with Gasteiger partial charge in [0.05, 0.1) is 6.04 Å². The molecular weight excluding hydrogens is 322 g/mol. The van der Waals surface area contributed by atoms with Crippen LogP contribution in [-0.4, -0.2) is 36.6 Å². The van der Waals surface area contributed by atoms with E-state index in [2.05, 4.69) is 21.6 Å². The van der Waals surface area contributed by atoms with Crippen LogP contribution < -0.4 is 10.6 Å². The Labute approximate surface area is 149 Å². The van der Waals surface area contributed by atoms with Crippen LogP contribution in [0.15, 0.2) is 24.3 Å². The molecule has 2 N–H and O–H groups in total. The summed E-state index contributed by atoms with van der Waals surface area (Å²) in [5.74, 6) is 0. The van der Waals surface area contributed by atoms with Gasteiger partial charge in [-0.2, -0.15) is 0 Å². The third kappa shape index (κ3) is 4.87. The summed E-state index contributed by atoms with van der Waals surface area (Å²) in [6, 6.07) is 8.52. The first-order chi connectivity index (χ1) is 11.7. The van der Waals surface area contributed by atoms with Crippen molar-refractivity contribution >= 4 is 17.6 Å². The van der Waals surface area contributed by atoms with Gasteiger partial charge < -0.3 is 10.6 Å². The number of nitrogens with zero attached hydrogens (tertiary/aromatic N) is 1. The second-order valence-corrected chi connectivity index (χ2v) is 7.44. The summed E-state index contributed by atoms with van der Waals surface area (Å²) in [7, 11) is 0. The Hall–Kier alpha value is -1.26. The van der Waals surface area contributed by atoms with E-state index in [9.17, 15) is 4.79 Å². The molecule has 24 heavy (non-hydrogen) atoms. The van der Waals surface area contributed by atoms with Gasteiger partial charge in [0.25, 0.3) is 0 Å². The van der Waals surface area contributed by atoms with Crippen molar-refractivity contribution in [2.45, 2.75) is 57.0 Å². The van der Waals surface area contributed by atoms with E-state index in [1.54, 1.807) is 0 Å². The van der Waals surface area contributed by atoms with E-state index >= 15 is 0 Å². The second-order valence-electron chi connectivity index (χ2n) is 7.00. The highest BCUT2D eigenvalue weighted by molar-refractivity contribution is 6.30. The van der Waals surface area contributed by atoms with E-state index in [1.165, 1.54) is 37.7 Å². The maximum Gasteiger partial charge on any atom is 0.315 e. The number of halogens is 1. The zero-order valence-corrected chi connectivity index (χ0v) is 15.0. The number of nitrogens with one attached hydrogen (secondary N) is 2. The largest absolute Gasteiger partial charge is 0.336 e. The van der Waals surface area contributed by atoms with Crippen LogP contribution >= 0.6 is 11.6 Å². The third-order valence-electron chi connectivity index (χ3n) is 5.21. The van der Waals surface area contributed by atoms with Gasteiger partial charge in [-0.3, -0.25) is 4.90 Å². The fourth-order valence-corrected chi connectivity index (χ4v) is 4.10. The van der Waals surface area contributed by atoms with Crippen molar-refractivity contribution in [3.8, 4) is 0 Å². The minimum atomic E-state index is -0.0341. The maximum atomic E-state index is 12.3. The number of amides is 2. The number of carbonyl (C=O) groups excluding carboxylic acids is 1. The Kier molecular flexibility index (Phi) is 6.38. The SMILES string of the molecule is O=C(NCC(c1cccc(Cl)c1)N1CCCC1)NC1CCCCC1. The molecule has 1 saturated carbocycles. The van der Waals surface area contributed by atoms with Crippen molar-refractivity contribution in [3.05, 3.63) is 34.9 Å². The van der Waals surface area contributed by atoms with Crippen LogP contribution in [0.4, 0.5) is 4.79 Å². The van der Waals surface area contributed by atoms with Crippen LogP contribution in [-0.2, 0) is 0 Å². The molecule has 1 saturated heterocycles. The average molecular weight is 350 g/mol. The summed E-state index contributed by atoms with van der Waals surface area (Å²) < 4.78 is 0. The molecule has 2 aliphatic rings. The molecule has 1 aliphatic carbocycles. The first kappa shape index (κ1) is 17.6. The van der Waals surface area contributed by atoms with Gasteiger partial charge in [0.2, 0.25) is 0 Å². The van der Waals surface area contributed by atoms with Crippen LogP contribution in [0.25, 0.3) is 0 Å². The van der Waals surface area contributed by atoms with Gasteiger partial charge in [0, 0.05) is 17.6 Å². The molecule has 1 aromatic carbocycles. The Morgan fingerprint density at radius 2 is 1.92 bits per heavy atom. The molecule has 2 amide bonds. The molecule has 1 heterocycles. The predicted octanol–water partition coefficient (Wildman–Crippen LogP) is 4.11. The summed E-state index contributed by atoms with van der Waals surface area (Å²) >= 11 is 6.17. The van der Waals surface area contributed by atoms with E-state index in [0.29, 0.717) is 12.6 Å². The highest BCUT2D eigenvalue weighted by atomic mass is 35.5. The molecule has 132 valence electrons. The van der Waals surface area contributed by atoms with Crippen molar-refractivity contribution in [1.82, 2.24) is 15.5 Å². The fraction of sp³-hybridized carbons (Fsp3) is 0.632. The third-order valence-corrected chi connectivity index (χ3v) is 5.45. The summed E-state index contributed by atoms with van der Waals surface area (Å²) in [5, 5.41) is 6.98. The molecule has 1 aliphatic heterocycles. The Morgan fingerprint density at radius 1 is 1.17 bits per heavy atom. The molecular formula is C19H28ClN3O. The summed E-state index contributed by atoms with van der Waals surface area (Å²) in [6.07, 6.45) is 8.42. The van der Waals surface area contributed by atoms with E-state index in [-0.39, 0.29) is 12.1 Å². The fourth-order valence-electron chi connectivity index (χ4n) is 3.90. The van der Waals surface area contributed by atoms with Gasteiger partial charge in [-0.25, -0.2) is 4.79 Å².